The maximum absolute atomic E-state index is 11.3. The third kappa shape index (κ3) is 3.64. The lowest BCUT2D eigenvalue weighted by Crippen LogP contribution is -2.42. The van der Waals surface area contributed by atoms with E-state index in [0.29, 0.717) is 6.42 Å². The molecule has 0 aliphatic heterocycles. The van der Waals surface area contributed by atoms with Crippen LogP contribution in [0.5, 0.6) is 0 Å². The van der Waals surface area contributed by atoms with Gasteiger partial charge in [-0.05, 0) is 20.3 Å². The Bertz CT molecular complexity index is 215. The molecule has 0 bridgehead atoms. The van der Waals surface area contributed by atoms with Crippen molar-refractivity contribution in [2.75, 3.05) is 7.05 Å². The summed E-state index contributed by atoms with van der Waals surface area (Å²) >= 11 is 0. The second-order valence-electron chi connectivity index (χ2n) is 3.31. The van der Waals surface area contributed by atoms with E-state index in [0.717, 1.165) is 4.90 Å². The number of carbonyl (C=O) groups is 2. The molecule has 0 aromatic rings. The zero-order chi connectivity index (χ0) is 11.3. The van der Waals surface area contributed by atoms with Gasteiger partial charge >= 0.3 is 12.1 Å². The van der Waals surface area contributed by atoms with Gasteiger partial charge in [-0.15, -0.1) is 0 Å². The van der Waals surface area contributed by atoms with E-state index in [9.17, 15) is 9.59 Å². The molecule has 0 aliphatic rings. The van der Waals surface area contributed by atoms with Crippen LogP contribution in [0, 0.1) is 0 Å². The van der Waals surface area contributed by atoms with Crippen molar-refractivity contribution in [2.24, 2.45) is 0 Å². The maximum Gasteiger partial charge on any atom is 0.410 e. The summed E-state index contributed by atoms with van der Waals surface area (Å²) in [6.45, 7) is 5.14. The lowest BCUT2D eigenvalue weighted by molar-refractivity contribution is -0.142. The molecule has 5 heteroatoms. The van der Waals surface area contributed by atoms with Gasteiger partial charge < -0.3 is 9.84 Å². The summed E-state index contributed by atoms with van der Waals surface area (Å²) in [5.74, 6) is -1.02. The molecular formula is C9H17NO4. The third-order valence-electron chi connectivity index (χ3n) is 1.76. The maximum atomic E-state index is 11.3. The molecule has 1 atom stereocenters. The first-order chi connectivity index (χ1) is 6.40. The number of amides is 1. The van der Waals surface area contributed by atoms with Crippen LogP contribution in [-0.4, -0.2) is 41.3 Å². The molecule has 1 unspecified atom stereocenters. The molecule has 0 aliphatic carbocycles. The van der Waals surface area contributed by atoms with Crippen LogP contribution in [0.25, 0.3) is 0 Å². The van der Waals surface area contributed by atoms with Crippen LogP contribution in [0.15, 0.2) is 0 Å². The van der Waals surface area contributed by atoms with Gasteiger partial charge in [0.05, 0.1) is 6.10 Å². The van der Waals surface area contributed by atoms with Crippen LogP contribution >= 0.6 is 0 Å². The zero-order valence-corrected chi connectivity index (χ0v) is 8.98. The van der Waals surface area contributed by atoms with Gasteiger partial charge in [0.15, 0.2) is 0 Å². The average molecular weight is 203 g/mol. The predicted molar refractivity (Wildman–Crippen MR) is 51.1 cm³/mol. The highest BCUT2D eigenvalue weighted by atomic mass is 16.6. The van der Waals surface area contributed by atoms with Gasteiger partial charge in [0.2, 0.25) is 0 Å². The molecule has 1 amide bonds. The van der Waals surface area contributed by atoms with E-state index in [4.69, 9.17) is 9.84 Å². The number of likely N-dealkylation sites (N-methyl/N-ethyl adjacent to an activating group) is 1. The summed E-state index contributed by atoms with van der Waals surface area (Å²) < 4.78 is 4.87. The quantitative estimate of drug-likeness (QED) is 0.748. The summed E-state index contributed by atoms with van der Waals surface area (Å²) in [7, 11) is 1.42. The monoisotopic (exact) mass is 203 g/mol. The van der Waals surface area contributed by atoms with Crippen molar-refractivity contribution in [3.63, 3.8) is 0 Å². The Morgan fingerprint density at radius 2 is 1.93 bits per heavy atom. The van der Waals surface area contributed by atoms with Crippen LogP contribution in [0.1, 0.15) is 27.2 Å². The average Bonchev–Trinajstić information content (AvgIpc) is 2.03. The smallest absolute Gasteiger partial charge is 0.410 e. The second kappa shape index (κ2) is 5.47. The topological polar surface area (TPSA) is 66.8 Å². The molecule has 1 N–H and O–H groups in total. The Morgan fingerprint density at radius 1 is 1.43 bits per heavy atom. The molecule has 0 saturated heterocycles. The van der Waals surface area contributed by atoms with Crippen LogP contribution < -0.4 is 0 Å². The molecule has 82 valence electrons. The minimum absolute atomic E-state index is 0.240. The molecule has 0 radical (unpaired) electrons. The second-order valence-corrected chi connectivity index (χ2v) is 3.31. The number of carbonyl (C=O) groups excluding carboxylic acids is 1. The van der Waals surface area contributed by atoms with Gasteiger partial charge in [0, 0.05) is 7.05 Å². The highest BCUT2D eigenvalue weighted by Crippen LogP contribution is 2.05. The summed E-state index contributed by atoms with van der Waals surface area (Å²) in [5, 5.41) is 8.78. The Morgan fingerprint density at radius 3 is 2.21 bits per heavy atom. The van der Waals surface area contributed by atoms with E-state index < -0.39 is 18.1 Å². The van der Waals surface area contributed by atoms with Crippen LogP contribution in [0.3, 0.4) is 0 Å². The van der Waals surface area contributed by atoms with Gasteiger partial charge in [-0.25, -0.2) is 9.59 Å². The number of hydrogen-bond donors (Lipinski definition) is 1. The summed E-state index contributed by atoms with van der Waals surface area (Å²) in [5.41, 5.74) is 0. The Balaban J connectivity index is 4.34. The zero-order valence-electron chi connectivity index (χ0n) is 8.98. The van der Waals surface area contributed by atoms with E-state index in [1.165, 1.54) is 7.05 Å². The molecular weight excluding hydrogens is 186 g/mol. The fourth-order valence-corrected chi connectivity index (χ4v) is 1.03. The molecule has 0 aromatic carbocycles. The van der Waals surface area contributed by atoms with E-state index >= 15 is 0 Å². The molecule has 14 heavy (non-hydrogen) atoms. The minimum Gasteiger partial charge on any atom is -0.480 e. The molecule has 0 rings (SSSR count). The molecule has 0 spiro atoms. The number of aliphatic carboxylic acids is 1. The number of rotatable bonds is 4. The van der Waals surface area contributed by atoms with Gasteiger partial charge in [-0.1, -0.05) is 6.92 Å². The number of ether oxygens (including phenoxy) is 1. The molecule has 0 fully saturated rings. The van der Waals surface area contributed by atoms with Crippen molar-refractivity contribution >= 4 is 12.1 Å². The van der Waals surface area contributed by atoms with Gasteiger partial charge in [0.25, 0.3) is 0 Å². The van der Waals surface area contributed by atoms with Crippen molar-refractivity contribution in [1.82, 2.24) is 4.90 Å². The predicted octanol–water partition coefficient (Wildman–Crippen LogP) is 1.33. The van der Waals surface area contributed by atoms with E-state index in [2.05, 4.69) is 0 Å². The van der Waals surface area contributed by atoms with Crippen molar-refractivity contribution in [3.8, 4) is 0 Å². The first kappa shape index (κ1) is 12.7. The van der Waals surface area contributed by atoms with Crippen molar-refractivity contribution in [1.29, 1.82) is 0 Å². The van der Waals surface area contributed by atoms with Crippen molar-refractivity contribution < 1.29 is 19.4 Å². The van der Waals surface area contributed by atoms with Crippen molar-refractivity contribution in [3.05, 3.63) is 0 Å². The summed E-state index contributed by atoms with van der Waals surface area (Å²) in [4.78, 5) is 23.1. The lowest BCUT2D eigenvalue weighted by atomic mass is 10.2. The largest absolute Gasteiger partial charge is 0.480 e. The van der Waals surface area contributed by atoms with Gasteiger partial charge in [0.1, 0.15) is 6.04 Å². The van der Waals surface area contributed by atoms with E-state index in [1.807, 2.05) is 0 Å². The summed E-state index contributed by atoms with van der Waals surface area (Å²) in [6, 6.07) is -0.818. The molecule has 0 saturated carbocycles. The summed E-state index contributed by atoms with van der Waals surface area (Å²) in [6.07, 6.45) is -0.482. The third-order valence-corrected chi connectivity index (χ3v) is 1.76. The Hall–Kier alpha value is -1.26. The first-order valence-corrected chi connectivity index (χ1v) is 4.56. The number of carboxylic acids is 1. The SMILES string of the molecule is CCC(C(=O)O)N(C)C(=O)OC(C)C. The van der Waals surface area contributed by atoms with Crippen LogP contribution in [0.2, 0.25) is 0 Å². The number of carboxylic acid groups (broad SMARTS) is 1. The van der Waals surface area contributed by atoms with E-state index in [1.54, 1.807) is 20.8 Å². The highest BCUT2D eigenvalue weighted by Gasteiger charge is 2.25. The van der Waals surface area contributed by atoms with Crippen molar-refractivity contribution in [2.45, 2.75) is 39.3 Å². The van der Waals surface area contributed by atoms with Crippen LogP contribution in [0.4, 0.5) is 4.79 Å². The Kier molecular flexibility index (Phi) is 4.97. The lowest BCUT2D eigenvalue weighted by Gasteiger charge is -2.23. The van der Waals surface area contributed by atoms with Gasteiger partial charge in [-0.3, -0.25) is 4.90 Å². The fourth-order valence-electron chi connectivity index (χ4n) is 1.03. The Labute approximate surface area is 83.6 Å². The first-order valence-electron chi connectivity index (χ1n) is 4.56. The highest BCUT2D eigenvalue weighted by molar-refractivity contribution is 5.79. The van der Waals surface area contributed by atoms with E-state index in [-0.39, 0.29) is 6.10 Å². The molecule has 0 aromatic heterocycles. The molecule has 0 heterocycles. The number of nitrogens with zero attached hydrogens (tertiary/aromatic N) is 1. The van der Waals surface area contributed by atoms with Gasteiger partial charge in [-0.2, -0.15) is 0 Å². The normalized spacial score (nSPS) is 12.4. The fraction of sp³-hybridized carbons (Fsp3) is 0.778. The standard InChI is InChI=1S/C9H17NO4/c1-5-7(8(11)12)10(4)9(13)14-6(2)3/h6-7H,5H2,1-4H3,(H,11,12). The minimum atomic E-state index is -1.02. The van der Waals surface area contributed by atoms with Crippen LogP contribution in [-0.2, 0) is 9.53 Å². The molecule has 5 nitrogen and oxygen atoms in total. The number of hydrogen-bond acceptors (Lipinski definition) is 3.